The molecule has 0 aliphatic heterocycles. The minimum absolute atomic E-state index is 0.0571. The Morgan fingerprint density at radius 1 is 0.341 bits per heavy atom. The van der Waals surface area contributed by atoms with Gasteiger partial charge in [0.25, 0.3) is 0 Å². The number of hydrogen-bond donors (Lipinski definition) is 0. The van der Waals surface area contributed by atoms with Crippen molar-refractivity contribution < 1.29 is 26.0 Å². The van der Waals surface area contributed by atoms with Crippen LogP contribution in [-0.4, -0.2) is 9.13 Å². The van der Waals surface area contributed by atoms with Gasteiger partial charge in [-0.15, -0.1) is 0 Å². The van der Waals surface area contributed by atoms with E-state index in [1.165, 1.54) is 63.7 Å². The average molecular weight is 580 g/mol. The van der Waals surface area contributed by atoms with Gasteiger partial charge in [-0.25, -0.2) is 0 Å². The highest BCUT2D eigenvalue weighted by molar-refractivity contribution is 6.12. The topological polar surface area (TPSA) is 9.86 Å². The van der Waals surface area contributed by atoms with Crippen LogP contribution in [-0.2, 0) is 0 Å². The molecular formula is C42H28N2. The van der Waals surface area contributed by atoms with Crippen LogP contribution in [0.5, 0.6) is 0 Å². The molecule has 0 amide bonds. The molecule has 0 spiro atoms. The second-order valence-electron chi connectivity index (χ2n) is 9.90. The standard InChI is InChI=1S/C42H28N2/c1-3-11-29(12-4-1)30-19-23-34(24-20-30)44-40-18-10-8-16-36(40)38-28-32(22-26-42(38)44)31-21-25-41-37(27-31)35-15-7-9-17-39(35)43(41)33-13-5-2-6-14-33/h1-28H/i1D,2D,7D,8D,9D,10D,11D,12D,15D,16D,17D,18D,19D,21D,22D,25D,26D,27D,28D. The van der Waals surface area contributed by atoms with Gasteiger partial charge in [0.15, 0.2) is 0 Å². The van der Waals surface area contributed by atoms with Crippen LogP contribution < -0.4 is 0 Å². The normalized spacial score (nSPS) is 17.7. The van der Waals surface area contributed by atoms with E-state index in [0.29, 0.717) is 0 Å². The van der Waals surface area contributed by atoms with Crippen LogP contribution in [0, 0.1) is 0 Å². The highest BCUT2D eigenvalue weighted by atomic mass is 15.0. The van der Waals surface area contributed by atoms with Gasteiger partial charge in [0.05, 0.1) is 48.1 Å². The first-order valence-corrected chi connectivity index (χ1v) is 13.6. The molecule has 2 aromatic heterocycles. The third-order valence-electron chi connectivity index (χ3n) is 7.45. The van der Waals surface area contributed by atoms with Crippen LogP contribution in [0.25, 0.3) is 77.2 Å². The fourth-order valence-corrected chi connectivity index (χ4v) is 5.50. The van der Waals surface area contributed by atoms with Crippen molar-refractivity contribution in [1.29, 1.82) is 0 Å². The molecule has 206 valence electrons. The Kier molecular flexibility index (Phi) is 2.78. The third kappa shape index (κ3) is 3.82. The summed E-state index contributed by atoms with van der Waals surface area (Å²) in [5.41, 5.74) is -1.30. The molecule has 7 aromatic carbocycles. The largest absolute Gasteiger partial charge is 0.309 e. The fraction of sp³-hybridized carbons (Fsp3) is 0. The van der Waals surface area contributed by atoms with Crippen molar-refractivity contribution >= 4 is 43.6 Å². The van der Waals surface area contributed by atoms with Crippen molar-refractivity contribution in [2.24, 2.45) is 0 Å². The summed E-state index contributed by atoms with van der Waals surface area (Å²) in [4.78, 5) is 0. The summed E-state index contributed by atoms with van der Waals surface area (Å²) in [5.74, 6) is 0. The Hall–Kier alpha value is -5.86. The van der Waals surface area contributed by atoms with Crippen molar-refractivity contribution in [2.45, 2.75) is 0 Å². The number of nitrogens with zero attached hydrogens (tertiary/aromatic N) is 2. The van der Waals surface area contributed by atoms with Gasteiger partial charge in [-0.2, -0.15) is 0 Å². The SMILES string of the molecule is [2H]c1ccc(-n2c3c([2H])c([2H])c([2H])c([2H])c3c3c([2H])c(-c4c([2H])c([2H])c5c(c4[2H])c4c([2H])c([2H])c([2H])c([2H])c4n5-c4ccc(-c5c([2H])cc([2H])cc5[2H])c([2H])c4)c([2H])c([2H])c32)cc1. The van der Waals surface area contributed by atoms with Gasteiger partial charge < -0.3 is 9.13 Å². The number of hydrogen-bond acceptors (Lipinski definition) is 0. The molecule has 44 heavy (non-hydrogen) atoms. The van der Waals surface area contributed by atoms with Crippen LogP contribution in [0.1, 0.15) is 26.0 Å². The number of benzene rings is 7. The lowest BCUT2D eigenvalue weighted by Crippen LogP contribution is -1.93. The first-order valence-electron chi connectivity index (χ1n) is 23.1. The summed E-state index contributed by atoms with van der Waals surface area (Å²) < 4.78 is 171. The highest BCUT2D eigenvalue weighted by Gasteiger charge is 2.16. The Morgan fingerprint density at radius 2 is 0.864 bits per heavy atom. The van der Waals surface area contributed by atoms with E-state index in [1.807, 2.05) is 0 Å². The fourth-order valence-electron chi connectivity index (χ4n) is 5.50. The van der Waals surface area contributed by atoms with Crippen LogP contribution in [0.3, 0.4) is 0 Å². The number of rotatable bonds is 4. The van der Waals surface area contributed by atoms with E-state index < -0.39 is 95.7 Å². The maximum atomic E-state index is 9.71. The lowest BCUT2D eigenvalue weighted by molar-refractivity contribution is 1.18. The monoisotopic (exact) mass is 579 g/mol. The molecule has 0 fully saturated rings. The van der Waals surface area contributed by atoms with Gasteiger partial charge in [-0.3, -0.25) is 0 Å². The summed E-state index contributed by atoms with van der Waals surface area (Å²) >= 11 is 0. The Labute approximate surface area is 282 Å². The molecule has 0 radical (unpaired) electrons. The smallest absolute Gasteiger partial charge is 0.0645 e. The molecule has 0 saturated heterocycles. The van der Waals surface area contributed by atoms with Crippen LogP contribution in [0.4, 0.5) is 0 Å². The predicted molar refractivity (Wildman–Crippen MR) is 186 cm³/mol. The minimum Gasteiger partial charge on any atom is -0.309 e. The van der Waals surface area contributed by atoms with E-state index in [2.05, 4.69) is 0 Å². The molecule has 0 atom stereocenters. The van der Waals surface area contributed by atoms with Crippen LogP contribution in [0.2, 0.25) is 0 Å². The summed E-state index contributed by atoms with van der Waals surface area (Å²) in [5, 5.41) is -0.943. The second kappa shape index (κ2) is 9.86. The molecule has 0 aliphatic carbocycles. The van der Waals surface area contributed by atoms with Crippen molar-refractivity contribution in [3.63, 3.8) is 0 Å². The molecule has 0 N–H and O–H groups in total. The molecule has 0 aliphatic rings. The Balaban J connectivity index is 1.43. The minimum atomic E-state index is -0.736. The summed E-state index contributed by atoms with van der Waals surface area (Å²) in [6.45, 7) is 0. The van der Waals surface area contributed by atoms with E-state index in [4.69, 9.17) is 17.8 Å². The third-order valence-corrected chi connectivity index (χ3v) is 7.45. The molecule has 2 heteroatoms. The lowest BCUT2D eigenvalue weighted by atomic mass is 10.0. The first kappa shape index (κ1) is 12.4. The van der Waals surface area contributed by atoms with Crippen molar-refractivity contribution in [1.82, 2.24) is 9.13 Å². The van der Waals surface area contributed by atoms with E-state index in [-0.39, 0.29) is 96.3 Å². The summed E-state index contributed by atoms with van der Waals surface area (Å²) in [6.07, 6.45) is 0. The van der Waals surface area contributed by atoms with Crippen molar-refractivity contribution in [2.75, 3.05) is 0 Å². The van der Waals surface area contributed by atoms with Crippen molar-refractivity contribution in [3.8, 4) is 33.6 Å². The molecule has 2 heterocycles. The van der Waals surface area contributed by atoms with Crippen molar-refractivity contribution in [3.05, 3.63) is 169 Å². The molecule has 2 nitrogen and oxygen atoms in total. The van der Waals surface area contributed by atoms with E-state index in [0.717, 1.165) is 0 Å². The van der Waals surface area contributed by atoms with Gasteiger partial charge >= 0.3 is 0 Å². The molecule has 0 saturated carbocycles. The number of aromatic nitrogens is 2. The zero-order chi connectivity index (χ0) is 45.6. The molecule has 9 aromatic rings. The van der Waals surface area contributed by atoms with Gasteiger partial charge in [-0.1, -0.05) is 109 Å². The quantitative estimate of drug-likeness (QED) is 0.196. The molecule has 0 unspecified atom stereocenters. The maximum Gasteiger partial charge on any atom is 0.0645 e. The van der Waals surface area contributed by atoms with Gasteiger partial charge in [-0.05, 0) is 82.8 Å². The lowest BCUT2D eigenvalue weighted by Gasteiger charge is -2.10. The van der Waals surface area contributed by atoms with E-state index >= 15 is 0 Å². The van der Waals surface area contributed by atoms with E-state index in [9.17, 15) is 8.22 Å². The Morgan fingerprint density at radius 3 is 1.45 bits per heavy atom. The summed E-state index contributed by atoms with van der Waals surface area (Å²) in [6, 6.07) is 3.00. The van der Waals surface area contributed by atoms with Gasteiger partial charge in [0, 0.05) is 32.9 Å². The van der Waals surface area contributed by atoms with Crippen LogP contribution in [0.15, 0.2) is 169 Å². The van der Waals surface area contributed by atoms with Crippen LogP contribution >= 0.6 is 0 Å². The predicted octanol–water partition coefficient (Wildman–Crippen LogP) is 11.2. The zero-order valence-corrected chi connectivity index (χ0v) is 22.6. The zero-order valence-electron chi connectivity index (χ0n) is 41.6. The maximum absolute atomic E-state index is 9.71. The number of fused-ring (bicyclic) bond motifs is 6. The van der Waals surface area contributed by atoms with Gasteiger partial charge in [0.1, 0.15) is 0 Å². The highest BCUT2D eigenvalue weighted by Crippen LogP contribution is 2.38. The Bertz CT molecular complexity index is 3530. The second-order valence-corrected chi connectivity index (χ2v) is 9.90. The number of para-hydroxylation sites is 3. The summed E-state index contributed by atoms with van der Waals surface area (Å²) in [7, 11) is 0. The van der Waals surface area contributed by atoms with Gasteiger partial charge in [0.2, 0.25) is 0 Å². The van der Waals surface area contributed by atoms with E-state index in [1.54, 1.807) is 0 Å². The molecule has 9 rings (SSSR count). The average Bonchev–Trinajstić information content (AvgIpc) is 3.79. The first-order chi connectivity index (χ1) is 29.7. The molecule has 0 bridgehead atoms. The molecular weight excluding hydrogens is 532 g/mol.